The van der Waals surface area contributed by atoms with Crippen molar-refractivity contribution in [3.05, 3.63) is 28.8 Å². The quantitative estimate of drug-likeness (QED) is 0.885. The second-order valence-corrected chi connectivity index (χ2v) is 7.20. The van der Waals surface area contributed by atoms with Crippen LogP contribution in [0.1, 0.15) is 63.8 Å². The number of fused-ring (bicyclic) bond motifs is 1. The Morgan fingerprint density at radius 3 is 2.60 bits per heavy atom. The van der Waals surface area contributed by atoms with Crippen molar-refractivity contribution in [2.24, 2.45) is 5.92 Å². The third kappa shape index (κ3) is 3.01. The van der Waals surface area contributed by atoms with Crippen molar-refractivity contribution in [2.45, 2.75) is 59.4 Å². The maximum atomic E-state index is 6.12. The lowest BCUT2D eigenvalue weighted by atomic mass is 9.80. The first kappa shape index (κ1) is 15.4. The summed E-state index contributed by atoms with van der Waals surface area (Å²) in [6.07, 6.45) is 1.16. The van der Waals surface area contributed by atoms with E-state index < -0.39 is 0 Å². The molecular formula is C18H29NO. The molecule has 1 N–H and O–H groups in total. The van der Waals surface area contributed by atoms with Crippen LogP contribution in [0.25, 0.3) is 0 Å². The van der Waals surface area contributed by atoms with Gasteiger partial charge in [0.2, 0.25) is 0 Å². The lowest BCUT2D eigenvalue weighted by Crippen LogP contribution is -2.35. The molecule has 2 heteroatoms. The summed E-state index contributed by atoms with van der Waals surface area (Å²) in [5.41, 5.74) is 4.13. The summed E-state index contributed by atoms with van der Waals surface area (Å²) in [6.45, 7) is 15.3. The van der Waals surface area contributed by atoms with E-state index in [0.29, 0.717) is 12.0 Å². The summed E-state index contributed by atoms with van der Waals surface area (Å²) in [5, 5.41) is 3.70. The van der Waals surface area contributed by atoms with Gasteiger partial charge in [0.15, 0.2) is 0 Å². The molecule has 2 atom stereocenters. The molecule has 2 nitrogen and oxygen atoms in total. The van der Waals surface area contributed by atoms with E-state index in [2.05, 4.69) is 59.0 Å². The minimum Gasteiger partial charge on any atom is -0.493 e. The average Bonchev–Trinajstić information content (AvgIpc) is 2.35. The van der Waals surface area contributed by atoms with Crippen LogP contribution in [0.15, 0.2) is 12.1 Å². The van der Waals surface area contributed by atoms with Crippen molar-refractivity contribution >= 4 is 0 Å². The van der Waals surface area contributed by atoms with Crippen LogP contribution < -0.4 is 10.1 Å². The number of nitrogens with one attached hydrogen (secondary N) is 1. The van der Waals surface area contributed by atoms with E-state index in [9.17, 15) is 0 Å². The Morgan fingerprint density at radius 2 is 2.00 bits per heavy atom. The van der Waals surface area contributed by atoms with Crippen LogP contribution in [0, 0.1) is 12.8 Å². The Balaban J connectivity index is 2.49. The van der Waals surface area contributed by atoms with E-state index >= 15 is 0 Å². The largest absolute Gasteiger partial charge is 0.493 e. The predicted molar refractivity (Wildman–Crippen MR) is 85.6 cm³/mol. The number of hydrogen-bond acceptors (Lipinski definition) is 2. The highest BCUT2D eigenvalue weighted by Crippen LogP contribution is 2.42. The van der Waals surface area contributed by atoms with Crippen LogP contribution >= 0.6 is 0 Å². The molecule has 112 valence electrons. The fraction of sp³-hybridized carbons (Fsp3) is 0.667. The molecule has 1 aromatic rings. The summed E-state index contributed by atoms with van der Waals surface area (Å²) >= 11 is 0. The summed E-state index contributed by atoms with van der Waals surface area (Å²) in [4.78, 5) is 0. The van der Waals surface area contributed by atoms with Crippen LogP contribution in [0.2, 0.25) is 0 Å². The van der Waals surface area contributed by atoms with E-state index in [4.69, 9.17) is 4.74 Å². The van der Waals surface area contributed by atoms with Gasteiger partial charge in [-0.05, 0) is 25.3 Å². The van der Waals surface area contributed by atoms with Gasteiger partial charge >= 0.3 is 0 Å². The van der Waals surface area contributed by atoms with Gasteiger partial charge in [-0.25, -0.2) is 0 Å². The minimum atomic E-state index is 0.117. The molecule has 0 spiro atoms. The maximum absolute atomic E-state index is 6.12. The highest BCUT2D eigenvalue weighted by atomic mass is 16.5. The molecule has 0 fully saturated rings. The van der Waals surface area contributed by atoms with Gasteiger partial charge in [0.25, 0.3) is 0 Å². The van der Waals surface area contributed by atoms with E-state index in [-0.39, 0.29) is 5.41 Å². The fourth-order valence-electron chi connectivity index (χ4n) is 2.98. The summed E-state index contributed by atoms with van der Waals surface area (Å²) in [6, 6.07) is 5.00. The number of benzene rings is 1. The zero-order chi connectivity index (χ0) is 14.9. The SMILES string of the molecule is CCCNC1c2cc(C)cc(C(C)(C)C)c2OCC1C. The van der Waals surface area contributed by atoms with Gasteiger partial charge in [0, 0.05) is 23.1 Å². The van der Waals surface area contributed by atoms with E-state index in [1.54, 1.807) is 0 Å². The summed E-state index contributed by atoms with van der Waals surface area (Å²) in [7, 11) is 0. The minimum absolute atomic E-state index is 0.117. The standard InChI is InChI=1S/C18H29NO/c1-7-8-19-16-13(3)11-20-17-14(16)9-12(2)10-15(17)18(4,5)6/h9-10,13,16,19H,7-8,11H2,1-6H3. The van der Waals surface area contributed by atoms with Crippen molar-refractivity contribution in [2.75, 3.05) is 13.2 Å². The average molecular weight is 275 g/mol. The van der Waals surface area contributed by atoms with Crippen LogP contribution in [-0.4, -0.2) is 13.2 Å². The van der Waals surface area contributed by atoms with E-state index in [0.717, 1.165) is 25.3 Å². The highest BCUT2D eigenvalue weighted by Gasteiger charge is 2.32. The number of aryl methyl sites for hydroxylation is 1. The summed E-state index contributed by atoms with van der Waals surface area (Å²) in [5.74, 6) is 1.64. The molecule has 0 amide bonds. The molecule has 1 aromatic carbocycles. The Kier molecular flexibility index (Phi) is 4.43. The van der Waals surface area contributed by atoms with Crippen molar-refractivity contribution in [1.82, 2.24) is 5.32 Å². The molecule has 1 heterocycles. The second kappa shape index (κ2) is 5.77. The van der Waals surface area contributed by atoms with Crippen LogP contribution in [0.5, 0.6) is 5.75 Å². The molecule has 0 aromatic heterocycles. The van der Waals surface area contributed by atoms with Crippen molar-refractivity contribution in [3.8, 4) is 5.75 Å². The lowest BCUT2D eigenvalue weighted by Gasteiger charge is -2.36. The van der Waals surface area contributed by atoms with Crippen LogP contribution in [0.3, 0.4) is 0 Å². The van der Waals surface area contributed by atoms with Crippen molar-refractivity contribution in [1.29, 1.82) is 0 Å². The smallest absolute Gasteiger partial charge is 0.127 e. The highest BCUT2D eigenvalue weighted by molar-refractivity contribution is 5.50. The van der Waals surface area contributed by atoms with Crippen molar-refractivity contribution < 1.29 is 4.74 Å². The maximum Gasteiger partial charge on any atom is 0.127 e. The van der Waals surface area contributed by atoms with Gasteiger partial charge in [-0.2, -0.15) is 0 Å². The molecule has 1 aliphatic rings. The fourth-order valence-corrected chi connectivity index (χ4v) is 2.98. The first-order valence-corrected chi connectivity index (χ1v) is 7.85. The Bertz CT molecular complexity index is 473. The Hall–Kier alpha value is -1.02. The molecule has 0 saturated heterocycles. The molecule has 0 radical (unpaired) electrons. The van der Waals surface area contributed by atoms with Gasteiger partial charge < -0.3 is 10.1 Å². The normalized spacial score (nSPS) is 22.3. The second-order valence-electron chi connectivity index (χ2n) is 7.20. The third-order valence-electron chi connectivity index (χ3n) is 4.08. The monoisotopic (exact) mass is 275 g/mol. The number of rotatable bonds is 3. The van der Waals surface area contributed by atoms with Gasteiger partial charge in [-0.3, -0.25) is 0 Å². The van der Waals surface area contributed by atoms with Crippen LogP contribution in [-0.2, 0) is 5.41 Å². The molecule has 2 rings (SSSR count). The number of ether oxygens (including phenoxy) is 1. The topological polar surface area (TPSA) is 21.3 Å². The molecular weight excluding hydrogens is 246 g/mol. The molecule has 0 aliphatic carbocycles. The first-order valence-electron chi connectivity index (χ1n) is 7.85. The molecule has 0 saturated carbocycles. The molecule has 0 bridgehead atoms. The molecule has 2 unspecified atom stereocenters. The number of hydrogen-bond donors (Lipinski definition) is 1. The van der Waals surface area contributed by atoms with Gasteiger partial charge in [-0.1, -0.05) is 52.3 Å². The Labute approximate surface area is 123 Å². The van der Waals surface area contributed by atoms with Gasteiger partial charge in [0.05, 0.1) is 6.61 Å². The predicted octanol–water partition coefficient (Wildman–Crippen LogP) is 4.36. The van der Waals surface area contributed by atoms with Gasteiger partial charge in [-0.15, -0.1) is 0 Å². The molecule has 20 heavy (non-hydrogen) atoms. The van der Waals surface area contributed by atoms with Crippen LogP contribution in [0.4, 0.5) is 0 Å². The third-order valence-corrected chi connectivity index (χ3v) is 4.08. The van der Waals surface area contributed by atoms with E-state index in [1.165, 1.54) is 16.7 Å². The molecule has 1 aliphatic heterocycles. The lowest BCUT2D eigenvalue weighted by molar-refractivity contribution is 0.185. The zero-order valence-corrected chi connectivity index (χ0v) is 13.8. The van der Waals surface area contributed by atoms with Gasteiger partial charge in [0.1, 0.15) is 5.75 Å². The van der Waals surface area contributed by atoms with E-state index in [1.807, 2.05) is 0 Å². The zero-order valence-electron chi connectivity index (χ0n) is 13.8. The first-order chi connectivity index (χ1) is 9.34. The Morgan fingerprint density at radius 1 is 1.30 bits per heavy atom. The van der Waals surface area contributed by atoms with Crippen molar-refractivity contribution in [3.63, 3.8) is 0 Å². The summed E-state index contributed by atoms with van der Waals surface area (Å²) < 4.78 is 6.12.